The number of benzene rings is 1. The highest BCUT2D eigenvalue weighted by Gasteiger charge is 2.13. The molecule has 2 aromatic rings. The molecular formula is C15H20BrN3. The van der Waals surface area contributed by atoms with E-state index in [-0.39, 0.29) is 6.04 Å². The zero-order valence-corrected chi connectivity index (χ0v) is 13.4. The summed E-state index contributed by atoms with van der Waals surface area (Å²) in [4.78, 5) is 0. The molecule has 3 nitrogen and oxygen atoms in total. The number of nitrogens with zero attached hydrogens (tertiary/aromatic N) is 2. The van der Waals surface area contributed by atoms with E-state index in [1.807, 2.05) is 17.9 Å². The molecule has 1 aromatic heterocycles. The van der Waals surface area contributed by atoms with Gasteiger partial charge >= 0.3 is 0 Å². The number of hydrogen-bond donors (Lipinski definition) is 1. The Morgan fingerprint density at radius 1 is 1.21 bits per heavy atom. The van der Waals surface area contributed by atoms with E-state index in [2.05, 4.69) is 71.4 Å². The quantitative estimate of drug-likeness (QED) is 0.921. The molecule has 4 heteroatoms. The molecule has 0 spiro atoms. The third-order valence-electron chi connectivity index (χ3n) is 3.34. The van der Waals surface area contributed by atoms with Crippen molar-refractivity contribution in [2.75, 3.05) is 7.05 Å². The Morgan fingerprint density at radius 2 is 1.95 bits per heavy atom. The summed E-state index contributed by atoms with van der Waals surface area (Å²) < 4.78 is 3.05. The van der Waals surface area contributed by atoms with Crippen LogP contribution in [-0.4, -0.2) is 16.8 Å². The minimum absolute atomic E-state index is 0.277. The van der Waals surface area contributed by atoms with Crippen LogP contribution in [0.5, 0.6) is 0 Å². The highest BCUT2D eigenvalue weighted by atomic mass is 79.9. The molecule has 0 aliphatic carbocycles. The van der Waals surface area contributed by atoms with Crippen molar-refractivity contribution in [3.8, 4) is 5.69 Å². The molecule has 1 unspecified atom stereocenters. The van der Waals surface area contributed by atoms with Crippen molar-refractivity contribution in [1.82, 2.24) is 15.1 Å². The van der Waals surface area contributed by atoms with Crippen molar-refractivity contribution in [3.05, 3.63) is 46.2 Å². The lowest BCUT2D eigenvalue weighted by Gasteiger charge is -2.16. The summed E-state index contributed by atoms with van der Waals surface area (Å²) in [5.41, 5.74) is 3.47. The molecule has 0 aliphatic heterocycles. The molecule has 0 bridgehead atoms. The smallest absolute Gasteiger partial charge is 0.0694 e. The van der Waals surface area contributed by atoms with Crippen LogP contribution in [0, 0.1) is 0 Å². The molecule has 1 heterocycles. The van der Waals surface area contributed by atoms with Crippen LogP contribution in [0.25, 0.3) is 5.69 Å². The first kappa shape index (κ1) is 14.3. The average Bonchev–Trinajstić information content (AvgIpc) is 2.87. The van der Waals surface area contributed by atoms with Gasteiger partial charge in [0.1, 0.15) is 0 Å². The van der Waals surface area contributed by atoms with Crippen molar-refractivity contribution >= 4 is 15.9 Å². The van der Waals surface area contributed by atoms with Gasteiger partial charge in [-0.25, -0.2) is 4.68 Å². The molecule has 0 radical (unpaired) electrons. The van der Waals surface area contributed by atoms with Crippen LogP contribution < -0.4 is 5.32 Å². The normalized spacial score (nSPS) is 12.9. The third kappa shape index (κ3) is 3.07. The standard InChI is InChI=1S/C15H20BrN3/c1-10(2)14-7-8-19(18-14)15-6-5-12(16)9-13(15)11(3)17-4/h5-11,17H,1-4H3. The summed E-state index contributed by atoms with van der Waals surface area (Å²) >= 11 is 3.54. The van der Waals surface area contributed by atoms with Crippen molar-refractivity contribution in [2.24, 2.45) is 0 Å². The summed E-state index contributed by atoms with van der Waals surface area (Å²) in [6, 6.07) is 8.66. The Balaban J connectivity index is 2.48. The predicted octanol–water partition coefficient (Wildman–Crippen LogP) is 4.04. The number of halogens is 1. The number of aromatic nitrogens is 2. The molecule has 0 aliphatic rings. The highest BCUT2D eigenvalue weighted by molar-refractivity contribution is 9.10. The van der Waals surface area contributed by atoms with Crippen LogP contribution in [0.1, 0.15) is 44.0 Å². The molecule has 19 heavy (non-hydrogen) atoms. The van der Waals surface area contributed by atoms with Crippen LogP contribution in [0.15, 0.2) is 34.9 Å². The zero-order chi connectivity index (χ0) is 14.0. The molecule has 1 atom stereocenters. The van der Waals surface area contributed by atoms with Crippen molar-refractivity contribution < 1.29 is 0 Å². The fourth-order valence-electron chi connectivity index (χ4n) is 2.02. The Kier molecular flexibility index (Phi) is 4.42. The lowest BCUT2D eigenvalue weighted by molar-refractivity contribution is 0.642. The third-order valence-corrected chi connectivity index (χ3v) is 3.83. The minimum atomic E-state index is 0.277. The molecule has 102 valence electrons. The molecule has 0 saturated carbocycles. The van der Waals surface area contributed by atoms with Gasteiger partial charge in [-0.05, 0) is 49.7 Å². The molecule has 0 amide bonds. The van der Waals surface area contributed by atoms with Crippen LogP contribution >= 0.6 is 15.9 Å². The van der Waals surface area contributed by atoms with Gasteiger partial charge in [-0.15, -0.1) is 0 Å². The van der Waals surface area contributed by atoms with Crippen LogP contribution in [-0.2, 0) is 0 Å². The van der Waals surface area contributed by atoms with Gasteiger partial charge in [0.05, 0.1) is 11.4 Å². The zero-order valence-electron chi connectivity index (χ0n) is 11.8. The van der Waals surface area contributed by atoms with Crippen molar-refractivity contribution in [1.29, 1.82) is 0 Å². The van der Waals surface area contributed by atoms with Crippen LogP contribution in [0.3, 0.4) is 0 Å². The van der Waals surface area contributed by atoms with E-state index in [0.29, 0.717) is 5.92 Å². The monoisotopic (exact) mass is 321 g/mol. The van der Waals surface area contributed by atoms with Gasteiger partial charge in [0, 0.05) is 16.7 Å². The van der Waals surface area contributed by atoms with Crippen LogP contribution in [0.4, 0.5) is 0 Å². The predicted molar refractivity (Wildman–Crippen MR) is 82.8 cm³/mol. The van der Waals surface area contributed by atoms with E-state index in [1.165, 1.54) is 5.56 Å². The van der Waals surface area contributed by atoms with E-state index >= 15 is 0 Å². The number of hydrogen-bond acceptors (Lipinski definition) is 2. The molecule has 2 rings (SSSR count). The lowest BCUT2D eigenvalue weighted by atomic mass is 10.1. The maximum Gasteiger partial charge on any atom is 0.0694 e. The van der Waals surface area contributed by atoms with Gasteiger partial charge in [-0.1, -0.05) is 29.8 Å². The highest BCUT2D eigenvalue weighted by Crippen LogP contribution is 2.26. The number of nitrogens with one attached hydrogen (secondary N) is 1. The fraction of sp³-hybridized carbons (Fsp3) is 0.400. The molecule has 1 N–H and O–H groups in total. The molecule has 0 saturated heterocycles. The van der Waals surface area contributed by atoms with Gasteiger partial charge in [0.25, 0.3) is 0 Å². The first-order valence-electron chi connectivity index (χ1n) is 6.55. The van der Waals surface area contributed by atoms with Crippen molar-refractivity contribution in [2.45, 2.75) is 32.7 Å². The van der Waals surface area contributed by atoms with E-state index in [4.69, 9.17) is 0 Å². The first-order valence-corrected chi connectivity index (χ1v) is 7.35. The topological polar surface area (TPSA) is 29.9 Å². The minimum Gasteiger partial charge on any atom is -0.313 e. The Hall–Kier alpha value is -1.13. The van der Waals surface area contributed by atoms with E-state index in [9.17, 15) is 0 Å². The second-order valence-electron chi connectivity index (χ2n) is 5.05. The second kappa shape index (κ2) is 5.88. The Labute approximate surface area is 123 Å². The van der Waals surface area contributed by atoms with E-state index in [0.717, 1.165) is 15.9 Å². The first-order chi connectivity index (χ1) is 9.02. The van der Waals surface area contributed by atoms with Gasteiger partial charge in [-0.3, -0.25) is 0 Å². The largest absolute Gasteiger partial charge is 0.313 e. The van der Waals surface area contributed by atoms with Gasteiger partial charge in [-0.2, -0.15) is 5.10 Å². The van der Waals surface area contributed by atoms with E-state index < -0.39 is 0 Å². The maximum atomic E-state index is 4.66. The summed E-state index contributed by atoms with van der Waals surface area (Å²) in [6.45, 7) is 6.47. The average molecular weight is 322 g/mol. The van der Waals surface area contributed by atoms with Gasteiger partial charge in [0.15, 0.2) is 0 Å². The summed E-state index contributed by atoms with van der Waals surface area (Å²) in [7, 11) is 1.97. The van der Waals surface area contributed by atoms with Crippen molar-refractivity contribution in [3.63, 3.8) is 0 Å². The molecular weight excluding hydrogens is 302 g/mol. The summed E-state index contributed by atoms with van der Waals surface area (Å²) in [5.74, 6) is 0.446. The Morgan fingerprint density at radius 3 is 2.53 bits per heavy atom. The van der Waals surface area contributed by atoms with Crippen LogP contribution in [0.2, 0.25) is 0 Å². The van der Waals surface area contributed by atoms with Gasteiger partial charge < -0.3 is 5.32 Å². The SMILES string of the molecule is CNC(C)c1cc(Br)ccc1-n1ccc(C(C)C)n1. The molecule has 1 aromatic carbocycles. The van der Waals surface area contributed by atoms with Gasteiger partial charge in [0.2, 0.25) is 0 Å². The fourth-order valence-corrected chi connectivity index (χ4v) is 2.40. The van der Waals surface area contributed by atoms with E-state index in [1.54, 1.807) is 0 Å². The number of rotatable bonds is 4. The summed E-state index contributed by atoms with van der Waals surface area (Å²) in [5, 5.41) is 7.95. The summed E-state index contributed by atoms with van der Waals surface area (Å²) in [6.07, 6.45) is 2.03. The Bertz CT molecular complexity index is 560. The lowest BCUT2D eigenvalue weighted by Crippen LogP contribution is -2.15. The maximum absolute atomic E-state index is 4.66. The second-order valence-corrected chi connectivity index (χ2v) is 5.97. The molecule has 0 fully saturated rings.